The van der Waals surface area contributed by atoms with Gasteiger partial charge in [-0.2, -0.15) is 0 Å². The molecule has 0 bridgehead atoms. The van der Waals surface area contributed by atoms with Gasteiger partial charge in [-0.1, -0.05) is 11.6 Å². The van der Waals surface area contributed by atoms with Crippen molar-refractivity contribution in [3.8, 4) is 11.4 Å². The molecule has 21 heavy (non-hydrogen) atoms. The SMILES string of the molecule is CCNc1nc(-c2cc(C)ccc2F)nc2sc(C)cc12. The second-order valence-corrected chi connectivity index (χ2v) is 6.22. The van der Waals surface area contributed by atoms with Gasteiger partial charge in [0.1, 0.15) is 16.5 Å². The first-order valence-electron chi connectivity index (χ1n) is 6.87. The van der Waals surface area contributed by atoms with Crippen LogP contribution in [0.4, 0.5) is 10.2 Å². The van der Waals surface area contributed by atoms with E-state index in [1.807, 2.05) is 20.8 Å². The van der Waals surface area contributed by atoms with Gasteiger partial charge in [0.2, 0.25) is 0 Å². The maximum atomic E-state index is 14.1. The standard InChI is InChI=1S/C16H16FN3S/c1-4-18-14-12-8-10(3)21-16(12)20-15(19-14)11-7-9(2)5-6-13(11)17/h5-8H,4H2,1-3H3,(H,18,19,20). The zero-order chi connectivity index (χ0) is 15.0. The van der Waals surface area contributed by atoms with Crippen LogP contribution in [-0.4, -0.2) is 16.5 Å². The molecule has 0 amide bonds. The third-order valence-electron chi connectivity index (χ3n) is 3.22. The van der Waals surface area contributed by atoms with E-state index in [1.54, 1.807) is 23.5 Å². The molecule has 0 radical (unpaired) electrons. The maximum Gasteiger partial charge on any atom is 0.166 e. The van der Waals surface area contributed by atoms with Crippen molar-refractivity contribution >= 4 is 27.4 Å². The van der Waals surface area contributed by atoms with E-state index in [2.05, 4.69) is 21.4 Å². The van der Waals surface area contributed by atoms with Crippen LogP contribution in [0.15, 0.2) is 24.3 Å². The number of aryl methyl sites for hydroxylation is 2. The molecule has 3 rings (SSSR count). The van der Waals surface area contributed by atoms with Crippen LogP contribution < -0.4 is 5.32 Å². The highest BCUT2D eigenvalue weighted by Gasteiger charge is 2.14. The van der Waals surface area contributed by atoms with Crippen LogP contribution in [0.3, 0.4) is 0 Å². The number of nitrogens with zero attached hydrogens (tertiary/aromatic N) is 2. The summed E-state index contributed by atoms with van der Waals surface area (Å²) in [6.45, 7) is 6.74. The molecule has 2 aromatic heterocycles. The Kier molecular flexibility index (Phi) is 3.59. The summed E-state index contributed by atoms with van der Waals surface area (Å²) in [6, 6.07) is 7.06. The lowest BCUT2D eigenvalue weighted by molar-refractivity contribution is 0.629. The lowest BCUT2D eigenvalue weighted by Gasteiger charge is -2.08. The fraction of sp³-hybridized carbons (Fsp3) is 0.250. The van der Waals surface area contributed by atoms with E-state index in [-0.39, 0.29) is 5.82 Å². The molecule has 0 fully saturated rings. The number of hydrogen-bond acceptors (Lipinski definition) is 4. The van der Waals surface area contributed by atoms with E-state index in [0.717, 1.165) is 28.1 Å². The average molecular weight is 301 g/mol. The van der Waals surface area contributed by atoms with E-state index in [9.17, 15) is 4.39 Å². The highest BCUT2D eigenvalue weighted by Crippen LogP contribution is 2.31. The second-order valence-electron chi connectivity index (χ2n) is 4.99. The molecular weight excluding hydrogens is 285 g/mol. The number of thiophene rings is 1. The van der Waals surface area contributed by atoms with Crippen LogP contribution in [0.2, 0.25) is 0 Å². The molecule has 0 atom stereocenters. The Morgan fingerprint density at radius 3 is 2.76 bits per heavy atom. The number of halogens is 1. The summed E-state index contributed by atoms with van der Waals surface area (Å²) >= 11 is 1.60. The molecule has 0 aliphatic heterocycles. The molecule has 5 heteroatoms. The first kappa shape index (κ1) is 13.9. The number of aromatic nitrogens is 2. The summed E-state index contributed by atoms with van der Waals surface area (Å²) in [6.07, 6.45) is 0. The van der Waals surface area contributed by atoms with E-state index >= 15 is 0 Å². The Hall–Kier alpha value is -2.01. The summed E-state index contributed by atoms with van der Waals surface area (Å²) in [4.78, 5) is 11.1. The summed E-state index contributed by atoms with van der Waals surface area (Å²) < 4.78 is 14.1. The summed E-state index contributed by atoms with van der Waals surface area (Å²) in [5, 5.41) is 4.24. The number of nitrogens with one attached hydrogen (secondary N) is 1. The van der Waals surface area contributed by atoms with E-state index in [0.29, 0.717) is 11.4 Å². The van der Waals surface area contributed by atoms with Crippen molar-refractivity contribution in [2.24, 2.45) is 0 Å². The van der Waals surface area contributed by atoms with Gasteiger partial charge < -0.3 is 5.32 Å². The van der Waals surface area contributed by atoms with Crippen LogP contribution in [0.1, 0.15) is 17.4 Å². The lowest BCUT2D eigenvalue weighted by Crippen LogP contribution is -2.02. The van der Waals surface area contributed by atoms with Crippen LogP contribution >= 0.6 is 11.3 Å². The Morgan fingerprint density at radius 1 is 1.19 bits per heavy atom. The third-order valence-corrected chi connectivity index (χ3v) is 4.17. The van der Waals surface area contributed by atoms with Crippen LogP contribution in [0.5, 0.6) is 0 Å². The van der Waals surface area contributed by atoms with Gasteiger partial charge in [-0.15, -0.1) is 11.3 Å². The lowest BCUT2D eigenvalue weighted by atomic mass is 10.1. The van der Waals surface area contributed by atoms with Gasteiger partial charge in [0.25, 0.3) is 0 Å². The molecule has 3 aromatic rings. The molecule has 0 spiro atoms. The van der Waals surface area contributed by atoms with Gasteiger partial charge in [0.15, 0.2) is 5.82 Å². The largest absolute Gasteiger partial charge is 0.370 e. The molecule has 0 aliphatic rings. The normalized spacial score (nSPS) is 11.0. The van der Waals surface area contributed by atoms with Crippen molar-refractivity contribution in [3.63, 3.8) is 0 Å². The van der Waals surface area contributed by atoms with E-state index in [1.165, 1.54) is 10.9 Å². The Morgan fingerprint density at radius 2 is 2.00 bits per heavy atom. The molecule has 1 aromatic carbocycles. The van der Waals surface area contributed by atoms with Crippen molar-refractivity contribution in [1.29, 1.82) is 0 Å². The fourth-order valence-electron chi connectivity index (χ4n) is 2.28. The molecule has 0 saturated heterocycles. The van der Waals surface area contributed by atoms with Gasteiger partial charge in [-0.05, 0) is 39.0 Å². The molecule has 0 saturated carbocycles. The summed E-state index contributed by atoms with van der Waals surface area (Å²) in [5.41, 5.74) is 1.43. The van der Waals surface area contributed by atoms with Crippen molar-refractivity contribution in [2.45, 2.75) is 20.8 Å². The van der Waals surface area contributed by atoms with Gasteiger partial charge in [-0.25, -0.2) is 14.4 Å². The molecule has 108 valence electrons. The quantitative estimate of drug-likeness (QED) is 0.771. The van der Waals surface area contributed by atoms with Gasteiger partial charge in [0, 0.05) is 11.4 Å². The van der Waals surface area contributed by atoms with E-state index in [4.69, 9.17) is 0 Å². The molecule has 2 heterocycles. The Bertz CT molecular complexity index is 811. The van der Waals surface area contributed by atoms with Crippen molar-refractivity contribution in [1.82, 2.24) is 9.97 Å². The third kappa shape index (κ3) is 2.61. The number of benzene rings is 1. The van der Waals surface area contributed by atoms with E-state index < -0.39 is 0 Å². The summed E-state index contributed by atoms with van der Waals surface area (Å²) in [5.74, 6) is 0.903. The van der Waals surface area contributed by atoms with Gasteiger partial charge in [-0.3, -0.25) is 0 Å². The monoisotopic (exact) mass is 301 g/mol. The van der Waals surface area contributed by atoms with Crippen LogP contribution in [0.25, 0.3) is 21.6 Å². The number of anilines is 1. The van der Waals surface area contributed by atoms with Gasteiger partial charge >= 0.3 is 0 Å². The molecule has 3 nitrogen and oxygen atoms in total. The zero-order valence-corrected chi connectivity index (χ0v) is 13.0. The number of hydrogen-bond donors (Lipinski definition) is 1. The fourth-order valence-corrected chi connectivity index (χ4v) is 3.15. The van der Waals surface area contributed by atoms with Crippen molar-refractivity contribution in [3.05, 3.63) is 40.5 Å². The van der Waals surface area contributed by atoms with Gasteiger partial charge in [0.05, 0.1) is 10.9 Å². The second kappa shape index (κ2) is 5.41. The average Bonchev–Trinajstić information content (AvgIpc) is 2.82. The Balaban J connectivity index is 2.25. The number of rotatable bonds is 3. The summed E-state index contributed by atoms with van der Waals surface area (Å²) in [7, 11) is 0. The topological polar surface area (TPSA) is 37.8 Å². The predicted octanol–water partition coefficient (Wildman–Crippen LogP) is 4.55. The number of fused-ring (bicyclic) bond motifs is 1. The zero-order valence-electron chi connectivity index (χ0n) is 12.2. The first-order chi connectivity index (χ1) is 10.1. The van der Waals surface area contributed by atoms with Crippen molar-refractivity contribution in [2.75, 3.05) is 11.9 Å². The van der Waals surface area contributed by atoms with Crippen LogP contribution in [0, 0.1) is 19.7 Å². The maximum absolute atomic E-state index is 14.1. The Labute approximate surface area is 126 Å². The van der Waals surface area contributed by atoms with Crippen molar-refractivity contribution < 1.29 is 4.39 Å². The molecule has 0 unspecified atom stereocenters. The highest BCUT2D eigenvalue weighted by molar-refractivity contribution is 7.18. The molecular formula is C16H16FN3S. The minimum atomic E-state index is -0.296. The highest BCUT2D eigenvalue weighted by atomic mass is 32.1. The molecule has 0 aliphatic carbocycles. The molecule has 1 N–H and O–H groups in total. The minimum Gasteiger partial charge on any atom is -0.370 e. The minimum absolute atomic E-state index is 0.296. The predicted molar refractivity (Wildman–Crippen MR) is 86.4 cm³/mol. The first-order valence-corrected chi connectivity index (χ1v) is 7.68. The van der Waals surface area contributed by atoms with Crippen LogP contribution in [-0.2, 0) is 0 Å². The smallest absolute Gasteiger partial charge is 0.166 e.